The van der Waals surface area contributed by atoms with Crippen LogP contribution in [-0.2, 0) is 5.41 Å². The van der Waals surface area contributed by atoms with Crippen molar-refractivity contribution in [1.29, 1.82) is 0 Å². The standard InChI is InChI=1S/C16H13BrCl2/c17-15(13-7-6-12(18)10-14(13)19)16(8-9-16)11-4-2-1-3-5-11/h1-7,10,15H,8-9H2. The summed E-state index contributed by atoms with van der Waals surface area (Å²) in [6, 6.07) is 16.4. The Balaban J connectivity index is 1.98. The predicted molar refractivity (Wildman–Crippen MR) is 85.5 cm³/mol. The van der Waals surface area contributed by atoms with E-state index in [9.17, 15) is 0 Å². The van der Waals surface area contributed by atoms with Gasteiger partial charge >= 0.3 is 0 Å². The number of hydrogen-bond donors (Lipinski definition) is 0. The maximum Gasteiger partial charge on any atom is 0.0506 e. The smallest absolute Gasteiger partial charge is 0.0506 e. The first kappa shape index (κ1) is 13.5. The van der Waals surface area contributed by atoms with Crippen LogP contribution in [0.2, 0.25) is 10.0 Å². The molecule has 0 bridgehead atoms. The van der Waals surface area contributed by atoms with Gasteiger partial charge in [-0.1, -0.05) is 75.5 Å². The van der Waals surface area contributed by atoms with E-state index in [-0.39, 0.29) is 10.2 Å². The highest BCUT2D eigenvalue weighted by atomic mass is 79.9. The van der Waals surface area contributed by atoms with Gasteiger partial charge in [0.1, 0.15) is 0 Å². The normalized spacial score (nSPS) is 18.1. The van der Waals surface area contributed by atoms with E-state index in [0.717, 1.165) is 10.6 Å². The van der Waals surface area contributed by atoms with E-state index in [1.165, 1.54) is 18.4 Å². The summed E-state index contributed by atoms with van der Waals surface area (Å²) in [6.45, 7) is 0. The molecule has 3 rings (SSSR count). The number of rotatable bonds is 3. The minimum Gasteiger partial charge on any atom is -0.0843 e. The minimum atomic E-state index is 0.179. The van der Waals surface area contributed by atoms with Crippen molar-refractivity contribution in [3.63, 3.8) is 0 Å². The van der Waals surface area contributed by atoms with Crippen LogP contribution < -0.4 is 0 Å². The molecule has 3 heteroatoms. The summed E-state index contributed by atoms with van der Waals surface area (Å²) in [7, 11) is 0. The van der Waals surface area contributed by atoms with Crippen LogP contribution in [0, 0.1) is 0 Å². The summed E-state index contributed by atoms with van der Waals surface area (Å²) >= 11 is 16.2. The number of alkyl halides is 1. The molecule has 1 unspecified atom stereocenters. The SMILES string of the molecule is Clc1ccc(C(Br)C2(c3ccccc3)CC2)c(Cl)c1. The van der Waals surface area contributed by atoms with Crippen molar-refractivity contribution in [1.82, 2.24) is 0 Å². The quantitative estimate of drug-likeness (QED) is 0.578. The second kappa shape index (κ2) is 5.12. The molecule has 0 nitrogen and oxygen atoms in total. The lowest BCUT2D eigenvalue weighted by Crippen LogP contribution is -2.14. The molecular formula is C16H13BrCl2. The molecule has 98 valence electrons. The van der Waals surface area contributed by atoms with Gasteiger partial charge in [-0.2, -0.15) is 0 Å². The first-order valence-electron chi connectivity index (χ1n) is 6.28. The van der Waals surface area contributed by atoms with Crippen molar-refractivity contribution < 1.29 is 0 Å². The van der Waals surface area contributed by atoms with Gasteiger partial charge in [0.2, 0.25) is 0 Å². The molecule has 1 aliphatic rings. The van der Waals surface area contributed by atoms with Crippen LogP contribution in [-0.4, -0.2) is 0 Å². The lowest BCUT2D eigenvalue weighted by Gasteiger charge is -2.23. The van der Waals surface area contributed by atoms with Crippen LogP contribution in [0.5, 0.6) is 0 Å². The van der Waals surface area contributed by atoms with Crippen molar-refractivity contribution in [2.75, 3.05) is 0 Å². The van der Waals surface area contributed by atoms with Crippen molar-refractivity contribution in [2.24, 2.45) is 0 Å². The first-order valence-corrected chi connectivity index (χ1v) is 7.95. The molecule has 1 aliphatic carbocycles. The molecule has 0 N–H and O–H groups in total. The van der Waals surface area contributed by atoms with Crippen molar-refractivity contribution in [2.45, 2.75) is 23.1 Å². The molecule has 1 atom stereocenters. The van der Waals surface area contributed by atoms with Gasteiger partial charge < -0.3 is 0 Å². The van der Waals surface area contributed by atoms with Crippen LogP contribution in [0.3, 0.4) is 0 Å². The summed E-state index contributed by atoms with van der Waals surface area (Å²) < 4.78 is 0. The van der Waals surface area contributed by atoms with Crippen molar-refractivity contribution in [3.05, 3.63) is 69.7 Å². The molecule has 0 aromatic heterocycles. The Morgan fingerprint density at radius 2 is 1.68 bits per heavy atom. The molecule has 0 saturated heterocycles. The fourth-order valence-electron chi connectivity index (χ4n) is 2.60. The maximum atomic E-state index is 6.33. The van der Waals surface area contributed by atoms with E-state index in [4.69, 9.17) is 23.2 Å². The molecule has 2 aromatic carbocycles. The van der Waals surface area contributed by atoms with Gasteiger partial charge in [-0.25, -0.2) is 0 Å². The topological polar surface area (TPSA) is 0 Å². The Labute approximate surface area is 131 Å². The highest BCUT2D eigenvalue weighted by molar-refractivity contribution is 9.09. The third-order valence-corrected chi connectivity index (χ3v) is 5.79. The summed E-state index contributed by atoms with van der Waals surface area (Å²) in [5, 5.41) is 1.41. The third-order valence-electron chi connectivity index (χ3n) is 3.86. The van der Waals surface area contributed by atoms with Gasteiger partial charge in [-0.05, 0) is 36.1 Å². The van der Waals surface area contributed by atoms with Crippen LogP contribution in [0.15, 0.2) is 48.5 Å². The van der Waals surface area contributed by atoms with Gasteiger partial charge in [-0.15, -0.1) is 0 Å². The minimum absolute atomic E-state index is 0.179. The van der Waals surface area contributed by atoms with Crippen molar-refractivity contribution in [3.8, 4) is 0 Å². The molecule has 2 aromatic rings. The van der Waals surface area contributed by atoms with Crippen LogP contribution in [0.1, 0.15) is 28.8 Å². The first-order chi connectivity index (χ1) is 9.13. The molecule has 1 saturated carbocycles. The van der Waals surface area contributed by atoms with E-state index < -0.39 is 0 Å². The Kier molecular flexibility index (Phi) is 3.63. The highest BCUT2D eigenvalue weighted by Crippen LogP contribution is 2.60. The summed E-state index contributed by atoms with van der Waals surface area (Å²) in [6.07, 6.45) is 2.37. The van der Waals surface area contributed by atoms with E-state index in [2.05, 4.69) is 46.3 Å². The zero-order valence-corrected chi connectivity index (χ0v) is 13.3. The Bertz CT molecular complexity index is 591. The highest BCUT2D eigenvalue weighted by Gasteiger charge is 2.50. The molecule has 0 amide bonds. The van der Waals surface area contributed by atoms with Crippen LogP contribution in [0.25, 0.3) is 0 Å². The number of halogens is 3. The molecule has 0 radical (unpaired) electrons. The Hall–Kier alpha value is -0.500. The van der Waals surface area contributed by atoms with Crippen LogP contribution in [0.4, 0.5) is 0 Å². The zero-order valence-electron chi connectivity index (χ0n) is 10.2. The second-order valence-electron chi connectivity index (χ2n) is 5.05. The molecule has 0 spiro atoms. The lowest BCUT2D eigenvalue weighted by molar-refractivity contribution is 0.681. The van der Waals surface area contributed by atoms with Gasteiger partial charge in [-0.3, -0.25) is 0 Å². The molecular weight excluding hydrogens is 343 g/mol. The van der Waals surface area contributed by atoms with E-state index in [1.807, 2.05) is 18.2 Å². The number of benzene rings is 2. The van der Waals surface area contributed by atoms with E-state index in [0.29, 0.717) is 5.02 Å². The van der Waals surface area contributed by atoms with E-state index in [1.54, 1.807) is 0 Å². The Morgan fingerprint density at radius 1 is 1.00 bits per heavy atom. The lowest BCUT2D eigenvalue weighted by atomic mass is 9.89. The zero-order chi connectivity index (χ0) is 13.5. The van der Waals surface area contributed by atoms with E-state index >= 15 is 0 Å². The number of hydrogen-bond acceptors (Lipinski definition) is 0. The van der Waals surface area contributed by atoms with Gasteiger partial charge in [0.15, 0.2) is 0 Å². The van der Waals surface area contributed by atoms with Gasteiger partial charge in [0.05, 0.1) is 4.83 Å². The summed E-state index contributed by atoms with van der Waals surface area (Å²) in [4.78, 5) is 0.229. The molecule has 1 fully saturated rings. The van der Waals surface area contributed by atoms with Gasteiger partial charge in [0, 0.05) is 15.5 Å². The monoisotopic (exact) mass is 354 g/mol. The fourth-order valence-corrected chi connectivity index (χ4v) is 4.37. The predicted octanol–water partition coefficient (Wildman–Crippen LogP) is 6.16. The summed E-state index contributed by atoms with van der Waals surface area (Å²) in [5.74, 6) is 0. The summed E-state index contributed by atoms with van der Waals surface area (Å²) in [5.41, 5.74) is 2.67. The van der Waals surface area contributed by atoms with Crippen molar-refractivity contribution >= 4 is 39.1 Å². The Morgan fingerprint density at radius 3 is 2.26 bits per heavy atom. The average Bonchev–Trinajstić information content (AvgIpc) is 3.20. The molecule has 19 heavy (non-hydrogen) atoms. The fraction of sp³-hybridized carbons (Fsp3) is 0.250. The second-order valence-corrected chi connectivity index (χ2v) is 6.81. The largest absolute Gasteiger partial charge is 0.0843 e. The van der Waals surface area contributed by atoms with Crippen LogP contribution >= 0.6 is 39.1 Å². The average molecular weight is 356 g/mol. The third kappa shape index (κ3) is 2.44. The maximum absolute atomic E-state index is 6.33. The molecule has 0 heterocycles. The molecule has 0 aliphatic heterocycles. The van der Waals surface area contributed by atoms with Gasteiger partial charge in [0.25, 0.3) is 0 Å².